The van der Waals surface area contributed by atoms with Gasteiger partial charge in [0, 0.05) is 12.7 Å². The van der Waals surface area contributed by atoms with Crippen LogP contribution in [0.1, 0.15) is 10.4 Å². The Labute approximate surface area is 123 Å². The fraction of sp³-hybridized carbons (Fsp3) is 0.0769. The van der Waals surface area contributed by atoms with E-state index in [1.807, 2.05) is 0 Å². The second-order valence-electron chi connectivity index (χ2n) is 4.21. The van der Waals surface area contributed by atoms with Gasteiger partial charge in [0.2, 0.25) is 5.88 Å². The highest BCUT2D eigenvalue weighted by Gasteiger charge is 2.15. The number of likely N-dealkylation sites (N-methyl/N-ethyl adjacent to an activating group) is 1. The molecule has 2 aromatic rings. The van der Waals surface area contributed by atoms with Crippen LogP contribution >= 0.6 is 0 Å². The van der Waals surface area contributed by atoms with E-state index in [0.717, 1.165) is 4.68 Å². The Kier molecular flexibility index (Phi) is 4.07. The van der Waals surface area contributed by atoms with Gasteiger partial charge in [0.1, 0.15) is 5.56 Å². The van der Waals surface area contributed by atoms with E-state index >= 15 is 0 Å². The first kappa shape index (κ1) is 15.0. The van der Waals surface area contributed by atoms with Crippen LogP contribution in [0.2, 0.25) is 0 Å². The highest BCUT2D eigenvalue weighted by molar-refractivity contribution is 6.39. The van der Waals surface area contributed by atoms with Crippen molar-refractivity contribution in [1.29, 1.82) is 0 Å². The van der Waals surface area contributed by atoms with Gasteiger partial charge in [0.25, 0.3) is 5.56 Å². The Morgan fingerprint density at radius 3 is 2.36 bits per heavy atom. The molecule has 0 atom stereocenters. The topological polar surface area (TPSA) is 133 Å². The fourth-order valence-corrected chi connectivity index (χ4v) is 1.73. The van der Waals surface area contributed by atoms with Crippen molar-refractivity contribution in [3.05, 3.63) is 40.2 Å². The average molecular weight is 304 g/mol. The molecule has 9 nitrogen and oxygen atoms in total. The molecule has 22 heavy (non-hydrogen) atoms. The first-order valence-corrected chi connectivity index (χ1v) is 6.10. The number of nitrogens with zero attached hydrogens (tertiary/aromatic N) is 1. The Morgan fingerprint density at radius 1 is 1.23 bits per heavy atom. The maximum atomic E-state index is 11.4. The highest BCUT2D eigenvalue weighted by Crippen LogP contribution is 2.18. The predicted molar refractivity (Wildman–Crippen MR) is 76.1 cm³/mol. The first-order valence-electron chi connectivity index (χ1n) is 6.10. The summed E-state index contributed by atoms with van der Waals surface area (Å²) >= 11 is 0. The zero-order chi connectivity index (χ0) is 16.3. The predicted octanol–water partition coefficient (Wildman–Crippen LogP) is -0.632. The molecule has 0 aliphatic heterocycles. The van der Waals surface area contributed by atoms with Crippen LogP contribution in [0.3, 0.4) is 0 Å². The third kappa shape index (κ3) is 2.73. The monoisotopic (exact) mass is 304 g/mol. The molecule has 0 spiro atoms. The number of anilines is 1. The van der Waals surface area contributed by atoms with E-state index in [-0.39, 0.29) is 11.8 Å². The van der Waals surface area contributed by atoms with E-state index in [9.17, 15) is 24.3 Å². The Bertz CT molecular complexity index is 788. The summed E-state index contributed by atoms with van der Waals surface area (Å²) in [6, 6.07) is 5.89. The number of rotatable bonds is 3. The van der Waals surface area contributed by atoms with Crippen molar-refractivity contribution in [2.24, 2.45) is 0 Å². The normalized spacial score (nSPS) is 10.0. The quantitative estimate of drug-likeness (QED) is 0.442. The van der Waals surface area contributed by atoms with Gasteiger partial charge < -0.3 is 15.7 Å². The molecule has 0 unspecified atom stereocenters. The molecule has 0 saturated heterocycles. The van der Waals surface area contributed by atoms with Crippen LogP contribution in [0.25, 0.3) is 5.69 Å². The summed E-state index contributed by atoms with van der Waals surface area (Å²) in [5, 5.41) is 16.6. The molecule has 0 bridgehead atoms. The summed E-state index contributed by atoms with van der Waals surface area (Å²) in [5.74, 6) is -2.12. The lowest BCUT2D eigenvalue weighted by molar-refractivity contribution is -0.135. The molecule has 0 saturated carbocycles. The third-order valence-electron chi connectivity index (χ3n) is 2.85. The van der Waals surface area contributed by atoms with E-state index in [1.165, 1.54) is 31.3 Å². The lowest BCUT2D eigenvalue weighted by Crippen LogP contribution is -2.32. The summed E-state index contributed by atoms with van der Waals surface area (Å²) < 4.78 is 1.02. The molecule has 0 fully saturated rings. The molecule has 0 aliphatic rings. The number of aromatic nitrogens is 2. The molecule has 1 aromatic heterocycles. The molecular formula is C13H12N4O5. The number of carbonyl (C=O) groups is 3. The summed E-state index contributed by atoms with van der Waals surface area (Å²) in [6.07, 6.45) is 0.253. The van der Waals surface area contributed by atoms with E-state index in [1.54, 1.807) is 0 Å². The molecular weight excluding hydrogens is 292 g/mol. The second-order valence-corrected chi connectivity index (χ2v) is 4.21. The number of aromatic hydroxyl groups is 1. The summed E-state index contributed by atoms with van der Waals surface area (Å²) in [5.41, 5.74) is -0.385. The molecule has 2 rings (SSSR count). The van der Waals surface area contributed by atoms with Crippen LogP contribution in [-0.2, 0) is 9.59 Å². The van der Waals surface area contributed by atoms with Crippen LogP contribution in [0, 0.1) is 0 Å². The Morgan fingerprint density at radius 2 is 1.86 bits per heavy atom. The molecule has 1 heterocycles. The SMILES string of the molecule is CNC(=O)C(=O)Nc1ccc(-n2[nH]c(=O)c(C=O)c2O)cc1. The van der Waals surface area contributed by atoms with Crippen molar-refractivity contribution >= 4 is 23.8 Å². The molecule has 0 radical (unpaired) electrons. The molecule has 4 N–H and O–H groups in total. The van der Waals surface area contributed by atoms with Gasteiger partial charge in [-0.25, -0.2) is 4.68 Å². The standard InChI is InChI=1S/C13H12N4O5/c1-14-11(20)12(21)15-7-2-4-8(5-3-7)17-13(22)9(6-18)10(19)16-17/h2-6,22H,1H3,(H,14,20)(H,15,21)(H,16,19). The van der Waals surface area contributed by atoms with Gasteiger partial charge in [-0.15, -0.1) is 0 Å². The minimum atomic E-state index is -0.823. The molecule has 2 amide bonds. The summed E-state index contributed by atoms with van der Waals surface area (Å²) in [7, 11) is 1.33. The zero-order valence-electron chi connectivity index (χ0n) is 11.4. The minimum Gasteiger partial charge on any atom is -0.493 e. The van der Waals surface area contributed by atoms with Crippen LogP contribution in [0.15, 0.2) is 29.1 Å². The highest BCUT2D eigenvalue weighted by atomic mass is 16.3. The zero-order valence-corrected chi connectivity index (χ0v) is 11.4. The third-order valence-corrected chi connectivity index (χ3v) is 2.85. The first-order chi connectivity index (χ1) is 10.5. The van der Waals surface area contributed by atoms with Crippen LogP contribution in [0.5, 0.6) is 5.88 Å². The Balaban J connectivity index is 2.26. The lowest BCUT2D eigenvalue weighted by Gasteiger charge is -2.07. The number of aromatic amines is 1. The van der Waals surface area contributed by atoms with Crippen molar-refractivity contribution in [2.45, 2.75) is 0 Å². The number of hydrogen-bond acceptors (Lipinski definition) is 5. The van der Waals surface area contributed by atoms with Crippen molar-refractivity contribution in [1.82, 2.24) is 15.1 Å². The van der Waals surface area contributed by atoms with Crippen molar-refractivity contribution in [2.75, 3.05) is 12.4 Å². The number of H-pyrrole nitrogens is 1. The number of nitrogens with one attached hydrogen (secondary N) is 3. The number of aldehydes is 1. The van der Waals surface area contributed by atoms with Gasteiger partial charge in [-0.3, -0.25) is 24.3 Å². The molecule has 0 aliphatic carbocycles. The smallest absolute Gasteiger partial charge is 0.313 e. The molecule has 9 heteroatoms. The maximum Gasteiger partial charge on any atom is 0.313 e. The van der Waals surface area contributed by atoms with Crippen LogP contribution < -0.4 is 16.2 Å². The minimum absolute atomic E-state index is 0.253. The van der Waals surface area contributed by atoms with Crippen molar-refractivity contribution < 1.29 is 19.5 Å². The summed E-state index contributed by atoms with van der Waals surface area (Å²) in [6.45, 7) is 0. The fourth-order valence-electron chi connectivity index (χ4n) is 1.73. The lowest BCUT2D eigenvalue weighted by atomic mass is 10.2. The number of hydrogen-bond donors (Lipinski definition) is 4. The summed E-state index contributed by atoms with van der Waals surface area (Å²) in [4.78, 5) is 44.6. The number of benzene rings is 1. The van der Waals surface area contributed by atoms with Gasteiger partial charge in [-0.2, -0.15) is 0 Å². The van der Waals surface area contributed by atoms with Gasteiger partial charge in [-0.1, -0.05) is 0 Å². The van der Waals surface area contributed by atoms with E-state index < -0.39 is 23.3 Å². The number of amides is 2. The van der Waals surface area contributed by atoms with Gasteiger partial charge in [-0.05, 0) is 24.3 Å². The van der Waals surface area contributed by atoms with Crippen LogP contribution in [-0.4, -0.2) is 40.0 Å². The van der Waals surface area contributed by atoms with E-state index in [0.29, 0.717) is 11.4 Å². The van der Waals surface area contributed by atoms with Crippen LogP contribution in [0.4, 0.5) is 5.69 Å². The van der Waals surface area contributed by atoms with E-state index in [2.05, 4.69) is 15.7 Å². The molecule has 1 aromatic carbocycles. The van der Waals surface area contributed by atoms with Gasteiger partial charge in [0.15, 0.2) is 6.29 Å². The van der Waals surface area contributed by atoms with Crippen molar-refractivity contribution in [3.63, 3.8) is 0 Å². The average Bonchev–Trinajstić information content (AvgIpc) is 2.81. The molecule has 114 valence electrons. The second kappa shape index (κ2) is 5.95. The van der Waals surface area contributed by atoms with E-state index in [4.69, 9.17) is 0 Å². The Hall–Kier alpha value is -3.36. The maximum absolute atomic E-state index is 11.4. The van der Waals surface area contributed by atoms with Crippen molar-refractivity contribution in [3.8, 4) is 11.6 Å². The van der Waals surface area contributed by atoms with Gasteiger partial charge >= 0.3 is 11.8 Å². The van der Waals surface area contributed by atoms with Gasteiger partial charge in [0.05, 0.1) is 5.69 Å². The number of carbonyl (C=O) groups excluding carboxylic acids is 3. The largest absolute Gasteiger partial charge is 0.493 e.